The van der Waals surface area contributed by atoms with E-state index < -0.39 is 0 Å². The molecular formula is C11H8N2O3. The van der Waals surface area contributed by atoms with Crippen LogP contribution < -0.4 is 0 Å². The second-order valence-corrected chi connectivity index (χ2v) is 3.42. The van der Waals surface area contributed by atoms with Gasteiger partial charge >= 0.3 is 0 Å². The Balaban J connectivity index is 2.28. The van der Waals surface area contributed by atoms with Crippen molar-refractivity contribution in [3.63, 3.8) is 0 Å². The number of para-hydroxylation sites is 1. The first-order valence-corrected chi connectivity index (χ1v) is 4.77. The topological polar surface area (TPSA) is 72.3 Å². The predicted octanol–water partition coefficient (Wildman–Crippen LogP) is 2.50. The molecular weight excluding hydrogens is 208 g/mol. The Morgan fingerprint density at radius 1 is 1.25 bits per heavy atom. The minimum atomic E-state index is 0.0271. The van der Waals surface area contributed by atoms with Crippen molar-refractivity contribution in [2.45, 2.75) is 6.92 Å². The first-order valence-electron chi connectivity index (χ1n) is 4.77. The minimum absolute atomic E-state index is 0.0271. The lowest BCUT2D eigenvalue weighted by molar-refractivity contribution is 0.405. The SMILES string of the molecule is Cc1noc(-c2oc3ccccc3c2O)n1. The summed E-state index contributed by atoms with van der Waals surface area (Å²) in [6, 6.07) is 7.18. The minimum Gasteiger partial charge on any atom is -0.504 e. The molecule has 2 heterocycles. The van der Waals surface area contributed by atoms with Crippen molar-refractivity contribution in [2.24, 2.45) is 0 Å². The highest BCUT2D eigenvalue weighted by Crippen LogP contribution is 2.37. The standard InChI is InChI=1S/C11H8N2O3/c1-6-12-11(16-13-6)10-9(14)7-4-2-3-5-8(7)15-10/h2-5,14H,1H3. The average molecular weight is 216 g/mol. The van der Waals surface area contributed by atoms with Crippen molar-refractivity contribution in [3.8, 4) is 17.4 Å². The lowest BCUT2D eigenvalue weighted by Gasteiger charge is -1.87. The van der Waals surface area contributed by atoms with Crippen molar-refractivity contribution in [3.05, 3.63) is 30.1 Å². The monoisotopic (exact) mass is 216 g/mol. The van der Waals surface area contributed by atoms with Gasteiger partial charge in [0.1, 0.15) is 5.58 Å². The molecule has 0 saturated heterocycles. The molecule has 1 aromatic carbocycles. The number of rotatable bonds is 1. The molecule has 3 aromatic rings. The van der Waals surface area contributed by atoms with E-state index in [1.807, 2.05) is 12.1 Å². The number of fused-ring (bicyclic) bond motifs is 1. The van der Waals surface area contributed by atoms with Gasteiger partial charge in [-0.1, -0.05) is 17.3 Å². The van der Waals surface area contributed by atoms with Gasteiger partial charge in [0.05, 0.1) is 5.39 Å². The fourth-order valence-electron chi connectivity index (χ4n) is 1.57. The van der Waals surface area contributed by atoms with Gasteiger partial charge in [-0.25, -0.2) is 0 Å². The lowest BCUT2D eigenvalue weighted by Crippen LogP contribution is -1.74. The Morgan fingerprint density at radius 2 is 2.06 bits per heavy atom. The van der Waals surface area contributed by atoms with Crippen LogP contribution >= 0.6 is 0 Å². The molecule has 0 amide bonds. The largest absolute Gasteiger partial charge is 0.504 e. The molecule has 0 atom stereocenters. The van der Waals surface area contributed by atoms with Crippen molar-refractivity contribution in [1.82, 2.24) is 10.1 Å². The fraction of sp³-hybridized carbons (Fsp3) is 0.0909. The van der Waals surface area contributed by atoms with E-state index in [-0.39, 0.29) is 17.4 Å². The maximum absolute atomic E-state index is 9.93. The van der Waals surface area contributed by atoms with Gasteiger partial charge in [-0.3, -0.25) is 0 Å². The number of aromatic hydroxyl groups is 1. The summed E-state index contributed by atoms with van der Waals surface area (Å²) < 4.78 is 10.4. The third kappa shape index (κ3) is 1.18. The van der Waals surface area contributed by atoms with E-state index in [0.29, 0.717) is 16.8 Å². The smallest absolute Gasteiger partial charge is 0.297 e. The third-order valence-corrected chi connectivity index (χ3v) is 2.29. The van der Waals surface area contributed by atoms with Crippen LogP contribution in [0.1, 0.15) is 5.82 Å². The van der Waals surface area contributed by atoms with Gasteiger partial charge in [0.25, 0.3) is 5.89 Å². The number of furan rings is 1. The first-order chi connectivity index (χ1) is 7.75. The highest BCUT2D eigenvalue weighted by Gasteiger charge is 2.19. The number of hydrogen-bond acceptors (Lipinski definition) is 5. The van der Waals surface area contributed by atoms with Gasteiger partial charge in [-0.15, -0.1) is 0 Å². The maximum Gasteiger partial charge on any atom is 0.297 e. The van der Waals surface area contributed by atoms with Gasteiger partial charge in [-0.2, -0.15) is 4.98 Å². The van der Waals surface area contributed by atoms with Crippen molar-refractivity contribution in [2.75, 3.05) is 0 Å². The van der Waals surface area contributed by atoms with E-state index in [4.69, 9.17) is 8.94 Å². The van der Waals surface area contributed by atoms with Crippen molar-refractivity contribution < 1.29 is 14.0 Å². The molecule has 80 valence electrons. The number of hydrogen-bond donors (Lipinski definition) is 1. The molecule has 0 radical (unpaired) electrons. The molecule has 5 nitrogen and oxygen atoms in total. The van der Waals surface area contributed by atoms with Crippen LogP contribution in [0.15, 0.2) is 33.2 Å². The Kier molecular flexibility index (Phi) is 1.73. The molecule has 0 fully saturated rings. The van der Waals surface area contributed by atoms with Crippen LogP contribution in [0.5, 0.6) is 5.75 Å². The summed E-state index contributed by atoms with van der Waals surface area (Å²) in [5.41, 5.74) is 0.589. The summed E-state index contributed by atoms with van der Waals surface area (Å²) in [7, 11) is 0. The molecule has 0 aliphatic heterocycles. The summed E-state index contributed by atoms with van der Waals surface area (Å²) in [4.78, 5) is 4.01. The van der Waals surface area contributed by atoms with Crippen LogP contribution in [-0.4, -0.2) is 15.2 Å². The summed E-state index contributed by atoms with van der Waals surface area (Å²) in [6.07, 6.45) is 0. The summed E-state index contributed by atoms with van der Waals surface area (Å²) in [6.45, 7) is 1.70. The number of benzene rings is 1. The van der Waals surface area contributed by atoms with Crippen molar-refractivity contribution in [1.29, 1.82) is 0 Å². The zero-order chi connectivity index (χ0) is 11.1. The van der Waals surface area contributed by atoms with Gasteiger partial charge in [0.2, 0.25) is 5.76 Å². The van der Waals surface area contributed by atoms with Gasteiger partial charge in [0.15, 0.2) is 11.6 Å². The number of nitrogens with zero attached hydrogens (tertiary/aromatic N) is 2. The molecule has 3 rings (SSSR count). The van der Waals surface area contributed by atoms with Crippen LogP contribution in [0.3, 0.4) is 0 Å². The highest BCUT2D eigenvalue weighted by molar-refractivity contribution is 5.89. The normalized spacial score (nSPS) is 11.1. The van der Waals surface area contributed by atoms with Crippen LogP contribution in [0.2, 0.25) is 0 Å². The average Bonchev–Trinajstić information content (AvgIpc) is 2.84. The van der Waals surface area contributed by atoms with Gasteiger partial charge in [-0.05, 0) is 19.1 Å². The second kappa shape index (κ2) is 3.10. The maximum atomic E-state index is 9.93. The van der Waals surface area contributed by atoms with E-state index in [1.165, 1.54) is 0 Å². The quantitative estimate of drug-likeness (QED) is 0.676. The fourth-order valence-corrected chi connectivity index (χ4v) is 1.57. The van der Waals surface area contributed by atoms with E-state index in [1.54, 1.807) is 19.1 Å². The molecule has 16 heavy (non-hydrogen) atoms. The van der Waals surface area contributed by atoms with Crippen LogP contribution in [0.4, 0.5) is 0 Å². The van der Waals surface area contributed by atoms with E-state index in [2.05, 4.69) is 10.1 Å². The zero-order valence-corrected chi connectivity index (χ0v) is 8.47. The van der Waals surface area contributed by atoms with Crippen LogP contribution in [-0.2, 0) is 0 Å². The number of aryl methyl sites for hydroxylation is 1. The number of aromatic nitrogens is 2. The van der Waals surface area contributed by atoms with Crippen LogP contribution in [0.25, 0.3) is 22.6 Å². The molecule has 0 spiro atoms. The summed E-state index contributed by atoms with van der Waals surface area (Å²) in [5.74, 6) is 0.919. The summed E-state index contributed by atoms with van der Waals surface area (Å²) >= 11 is 0. The van der Waals surface area contributed by atoms with E-state index >= 15 is 0 Å². The molecule has 2 aromatic heterocycles. The van der Waals surface area contributed by atoms with Crippen molar-refractivity contribution >= 4 is 11.0 Å². The zero-order valence-electron chi connectivity index (χ0n) is 8.47. The van der Waals surface area contributed by atoms with Gasteiger partial charge in [0, 0.05) is 0 Å². The molecule has 0 saturated carbocycles. The molecule has 1 N–H and O–H groups in total. The lowest BCUT2D eigenvalue weighted by atomic mass is 10.2. The third-order valence-electron chi connectivity index (χ3n) is 2.29. The molecule has 5 heteroatoms. The molecule has 0 unspecified atom stereocenters. The summed E-state index contributed by atoms with van der Waals surface area (Å²) in [5, 5.41) is 14.2. The van der Waals surface area contributed by atoms with Crippen LogP contribution in [0, 0.1) is 6.92 Å². The first kappa shape index (κ1) is 8.96. The molecule has 0 aliphatic rings. The molecule has 0 aliphatic carbocycles. The Morgan fingerprint density at radius 3 is 2.75 bits per heavy atom. The van der Waals surface area contributed by atoms with Gasteiger partial charge < -0.3 is 14.0 Å². The Hall–Kier alpha value is -2.30. The second-order valence-electron chi connectivity index (χ2n) is 3.42. The van der Waals surface area contributed by atoms with E-state index in [9.17, 15) is 5.11 Å². The Labute approximate surface area is 90.3 Å². The molecule has 0 bridgehead atoms. The Bertz CT molecular complexity index is 654. The highest BCUT2D eigenvalue weighted by atomic mass is 16.5. The van der Waals surface area contributed by atoms with E-state index in [0.717, 1.165) is 0 Å². The predicted molar refractivity (Wildman–Crippen MR) is 55.9 cm³/mol.